The van der Waals surface area contributed by atoms with E-state index in [1.54, 1.807) is 24.0 Å². The van der Waals surface area contributed by atoms with Gasteiger partial charge in [-0.15, -0.1) is 0 Å². The second-order valence-corrected chi connectivity index (χ2v) is 6.54. The van der Waals surface area contributed by atoms with E-state index in [9.17, 15) is 14.0 Å². The maximum absolute atomic E-state index is 13.6. The first-order valence-corrected chi connectivity index (χ1v) is 8.32. The molecule has 0 aromatic heterocycles. The predicted molar refractivity (Wildman–Crippen MR) is 95.3 cm³/mol. The van der Waals surface area contributed by atoms with Crippen LogP contribution < -0.4 is 10.2 Å². The number of anilines is 1. The summed E-state index contributed by atoms with van der Waals surface area (Å²) in [4.78, 5) is 26.6. The van der Waals surface area contributed by atoms with E-state index in [1.807, 2.05) is 32.0 Å². The average Bonchev–Trinajstić information content (AvgIpc) is 2.93. The normalized spacial score (nSPS) is 17.0. The smallest absolute Gasteiger partial charge is 0.252 e. The molecule has 25 heavy (non-hydrogen) atoms. The first-order chi connectivity index (χ1) is 11.9. The molecule has 1 unspecified atom stereocenters. The van der Waals surface area contributed by atoms with E-state index >= 15 is 0 Å². The average molecular weight is 340 g/mol. The summed E-state index contributed by atoms with van der Waals surface area (Å²) in [7, 11) is 0. The molecule has 2 aromatic rings. The molecule has 0 saturated carbocycles. The van der Waals surface area contributed by atoms with Gasteiger partial charge in [-0.2, -0.15) is 0 Å². The standard InChI is InChI=1S/C20H21FN2O2/c1-12-5-7-16(10-14(12)3)23-9-8-18(20(23)25)22-19(24)15-6-4-13(2)17(21)11-15/h4-7,10-11,18H,8-9H2,1-3H3,(H,22,24). The van der Waals surface area contributed by atoms with Crippen molar-refractivity contribution < 1.29 is 14.0 Å². The van der Waals surface area contributed by atoms with Crippen LogP contribution in [0.3, 0.4) is 0 Å². The minimum atomic E-state index is -0.585. The van der Waals surface area contributed by atoms with Crippen LogP contribution in [0.1, 0.15) is 33.5 Å². The van der Waals surface area contributed by atoms with Gasteiger partial charge in [-0.25, -0.2) is 4.39 Å². The second kappa shape index (κ2) is 6.67. The molecule has 1 fully saturated rings. The number of rotatable bonds is 3. The van der Waals surface area contributed by atoms with Crippen LogP contribution in [-0.2, 0) is 4.79 Å². The lowest BCUT2D eigenvalue weighted by atomic mass is 10.1. The van der Waals surface area contributed by atoms with Gasteiger partial charge >= 0.3 is 0 Å². The largest absolute Gasteiger partial charge is 0.340 e. The monoisotopic (exact) mass is 340 g/mol. The third-order valence-corrected chi connectivity index (χ3v) is 4.75. The van der Waals surface area contributed by atoms with Crippen molar-refractivity contribution in [2.45, 2.75) is 33.2 Å². The Labute approximate surface area is 146 Å². The molecule has 0 spiro atoms. The summed E-state index contributed by atoms with van der Waals surface area (Å²) in [5, 5.41) is 2.72. The van der Waals surface area contributed by atoms with E-state index in [2.05, 4.69) is 5.32 Å². The molecule has 0 bridgehead atoms. The molecular weight excluding hydrogens is 319 g/mol. The molecule has 1 aliphatic heterocycles. The van der Waals surface area contributed by atoms with Crippen LogP contribution in [0.15, 0.2) is 36.4 Å². The van der Waals surface area contributed by atoms with E-state index in [0.717, 1.165) is 11.3 Å². The molecule has 1 atom stereocenters. The third kappa shape index (κ3) is 3.40. The Bertz CT molecular complexity index is 848. The van der Waals surface area contributed by atoms with Gasteiger partial charge in [0, 0.05) is 17.8 Å². The van der Waals surface area contributed by atoms with Crippen molar-refractivity contribution in [1.82, 2.24) is 5.32 Å². The predicted octanol–water partition coefficient (Wildman–Crippen LogP) is 3.29. The van der Waals surface area contributed by atoms with Crippen LogP contribution in [0.25, 0.3) is 0 Å². The van der Waals surface area contributed by atoms with Crippen molar-refractivity contribution in [1.29, 1.82) is 0 Å². The topological polar surface area (TPSA) is 49.4 Å². The van der Waals surface area contributed by atoms with Crippen LogP contribution in [0.4, 0.5) is 10.1 Å². The maximum atomic E-state index is 13.6. The van der Waals surface area contributed by atoms with E-state index < -0.39 is 17.8 Å². The summed E-state index contributed by atoms with van der Waals surface area (Å²) in [6, 6.07) is 9.62. The number of nitrogens with one attached hydrogen (secondary N) is 1. The van der Waals surface area contributed by atoms with Crippen molar-refractivity contribution in [3.05, 3.63) is 64.5 Å². The quantitative estimate of drug-likeness (QED) is 0.932. The zero-order valence-electron chi connectivity index (χ0n) is 14.6. The van der Waals surface area contributed by atoms with Gasteiger partial charge in [0.25, 0.3) is 5.91 Å². The molecule has 1 N–H and O–H groups in total. The molecule has 0 radical (unpaired) electrons. The SMILES string of the molecule is Cc1ccc(N2CCC(NC(=O)c3ccc(C)c(F)c3)C2=O)cc1C. The van der Waals surface area contributed by atoms with Crippen molar-refractivity contribution in [2.24, 2.45) is 0 Å². The number of nitrogens with zero attached hydrogens (tertiary/aromatic N) is 1. The number of aryl methyl sites for hydroxylation is 3. The summed E-state index contributed by atoms with van der Waals surface area (Å²) < 4.78 is 13.6. The molecule has 1 aliphatic rings. The zero-order chi connectivity index (χ0) is 18.1. The lowest BCUT2D eigenvalue weighted by Gasteiger charge is -2.18. The van der Waals surface area contributed by atoms with Gasteiger partial charge in [-0.1, -0.05) is 12.1 Å². The van der Waals surface area contributed by atoms with E-state index in [1.165, 1.54) is 11.6 Å². The molecule has 2 aromatic carbocycles. The molecule has 2 amide bonds. The number of halogens is 1. The number of carbonyl (C=O) groups excluding carboxylic acids is 2. The van der Waals surface area contributed by atoms with Crippen LogP contribution >= 0.6 is 0 Å². The molecule has 1 heterocycles. The summed E-state index contributed by atoms with van der Waals surface area (Å²) >= 11 is 0. The zero-order valence-corrected chi connectivity index (χ0v) is 14.6. The first-order valence-electron chi connectivity index (χ1n) is 8.32. The van der Waals surface area contributed by atoms with E-state index in [4.69, 9.17) is 0 Å². The molecular formula is C20H21FN2O2. The highest BCUT2D eigenvalue weighted by atomic mass is 19.1. The fourth-order valence-electron chi connectivity index (χ4n) is 2.94. The van der Waals surface area contributed by atoms with Crippen molar-refractivity contribution in [3.8, 4) is 0 Å². The van der Waals surface area contributed by atoms with Crippen LogP contribution in [0.5, 0.6) is 0 Å². The summed E-state index contributed by atoms with van der Waals surface area (Å²) in [5.74, 6) is -0.995. The second-order valence-electron chi connectivity index (χ2n) is 6.54. The van der Waals surface area contributed by atoms with Gasteiger partial charge in [0.15, 0.2) is 0 Å². The van der Waals surface area contributed by atoms with Crippen molar-refractivity contribution in [2.75, 3.05) is 11.4 Å². The maximum Gasteiger partial charge on any atom is 0.252 e. The highest BCUT2D eigenvalue weighted by molar-refractivity contribution is 6.04. The van der Waals surface area contributed by atoms with Gasteiger partial charge in [0.1, 0.15) is 11.9 Å². The molecule has 130 valence electrons. The van der Waals surface area contributed by atoms with Gasteiger partial charge < -0.3 is 10.2 Å². The number of carbonyl (C=O) groups is 2. The van der Waals surface area contributed by atoms with Gasteiger partial charge in [-0.3, -0.25) is 9.59 Å². The van der Waals surface area contributed by atoms with Crippen LogP contribution in [0, 0.1) is 26.6 Å². The number of hydrogen-bond donors (Lipinski definition) is 1. The Kier molecular flexibility index (Phi) is 4.57. The molecule has 1 saturated heterocycles. The van der Waals surface area contributed by atoms with E-state index in [0.29, 0.717) is 18.5 Å². The number of amides is 2. The fourth-order valence-corrected chi connectivity index (χ4v) is 2.94. The Balaban J connectivity index is 1.72. The Morgan fingerprint density at radius 3 is 2.48 bits per heavy atom. The fraction of sp³-hybridized carbons (Fsp3) is 0.300. The van der Waals surface area contributed by atoms with Crippen molar-refractivity contribution in [3.63, 3.8) is 0 Å². The Morgan fingerprint density at radius 1 is 1.08 bits per heavy atom. The summed E-state index contributed by atoms with van der Waals surface area (Å²) in [6.07, 6.45) is 0.534. The van der Waals surface area contributed by atoms with Gasteiger partial charge in [-0.05, 0) is 68.1 Å². The minimum absolute atomic E-state index is 0.135. The Hall–Kier alpha value is -2.69. The number of hydrogen-bond acceptors (Lipinski definition) is 2. The minimum Gasteiger partial charge on any atom is -0.340 e. The molecule has 0 aliphatic carbocycles. The molecule has 5 heteroatoms. The lowest BCUT2D eigenvalue weighted by Crippen LogP contribution is -2.41. The highest BCUT2D eigenvalue weighted by Gasteiger charge is 2.33. The molecule has 3 rings (SSSR count). The summed E-state index contributed by atoms with van der Waals surface area (Å²) in [5.41, 5.74) is 3.83. The van der Waals surface area contributed by atoms with Crippen LogP contribution in [0.2, 0.25) is 0 Å². The van der Waals surface area contributed by atoms with Gasteiger partial charge in [0.2, 0.25) is 5.91 Å². The number of benzene rings is 2. The van der Waals surface area contributed by atoms with E-state index in [-0.39, 0.29) is 11.5 Å². The lowest BCUT2D eigenvalue weighted by molar-refractivity contribution is -0.118. The third-order valence-electron chi connectivity index (χ3n) is 4.75. The summed E-state index contributed by atoms with van der Waals surface area (Å²) in [6.45, 7) is 6.21. The first kappa shape index (κ1) is 17.1. The van der Waals surface area contributed by atoms with Crippen LogP contribution in [-0.4, -0.2) is 24.4 Å². The van der Waals surface area contributed by atoms with Crippen molar-refractivity contribution >= 4 is 17.5 Å². The van der Waals surface area contributed by atoms with Gasteiger partial charge in [0.05, 0.1) is 0 Å². The highest BCUT2D eigenvalue weighted by Crippen LogP contribution is 2.24. The molecule has 4 nitrogen and oxygen atoms in total. The Morgan fingerprint density at radius 2 is 1.80 bits per heavy atom.